The molecule has 0 saturated heterocycles. The normalized spacial score (nSPS) is 16.6. The van der Waals surface area contributed by atoms with E-state index in [0.29, 0.717) is 13.1 Å². The summed E-state index contributed by atoms with van der Waals surface area (Å²) in [6, 6.07) is 23.1. The number of rotatable bonds is 5. The number of hydrogen-bond acceptors (Lipinski definition) is 2. The van der Waals surface area contributed by atoms with Gasteiger partial charge in [0.05, 0.1) is 12.6 Å². The van der Waals surface area contributed by atoms with Crippen LogP contribution in [0.1, 0.15) is 28.4 Å². The molecule has 2 aromatic carbocycles. The molecule has 2 heterocycles. The van der Waals surface area contributed by atoms with E-state index in [0.717, 1.165) is 13.1 Å². The monoisotopic (exact) mass is 373 g/mol. The van der Waals surface area contributed by atoms with E-state index in [1.54, 1.807) is 0 Å². The largest absolute Gasteiger partial charge is 0.348 e. The third-order valence-electron chi connectivity index (χ3n) is 5.69. The Labute approximate surface area is 167 Å². The van der Waals surface area contributed by atoms with Gasteiger partial charge in [-0.1, -0.05) is 54.6 Å². The molecule has 0 saturated carbocycles. The van der Waals surface area contributed by atoms with Gasteiger partial charge in [0.25, 0.3) is 0 Å². The Hall–Kier alpha value is -2.85. The zero-order valence-corrected chi connectivity index (χ0v) is 16.6. The second kappa shape index (κ2) is 8.03. The standard InChI is InChI=1S/C24H27N3O/c1-19-9-6-7-12-21(19)17-25(2)23(28)18-27-16-15-26-14-8-13-22(26)24(27)20-10-4-3-5-11-20/h3-14,24H,15-18H2,1-2H3. The number of nitrogens with zero attached hydrogens (tertiary/aromatic N) is 3. The summed E-state index contributed by atoms with van der Waals surface area (Å²) in [4.78, 5) is 17.2. The van der Waals surface area contributed by atoms with Crippen LogP contribution in [0.3, 0.4) is 0 Å². The SMILES string of the molecule is Cc1ccccc1CN(C)C(=O)CN1CCn2cccc2C1c1ccccc1. The average Bonchev–Trinajstić information content (AvgIpc) is 3.19. The molecule has 0 radical (unpaired) electrons. The average molecular weight is 374 g/mol. The molecule has 1 unspecified atom stereocenters. The van der Waals surface area contributed by atoms with Gasteiger partial charge in [-0.25, -0.2) is 0 Å². The van der Waals surface area contributed by atoms with Crippen molar-refractivity contribution in [1.29, 1.82) is 0 Å². The predicted molar refractivity (Wildman–Crippen MR) is 112 cm³/mol. The van der Waals surface area contributed by atoms with Gasteiger partial charge in [-0.3, -0.25) is 9.69 Å². The smallest absolute Gasteiger partial charge is 0.236 e. The fourth-order valence-electron chi connectivity index (χ4n) is 4.04. The third-order valence-corrected chi connectivity index (χ3v) is 5.69. The van der Waals surface area contributed by atoms with Crippen molar-refractivity contribution in [2.45, 2.75) is 26.1 Å². The van der Waals surface area contributed by atoms with E-state index < -0.39 is 0 Å². The highest BCUT2D eigenvalue weighted by molar-refractivity contribution is 5.78. The van der Waals surface area contributed by atoms with Crippen LogP contribution in [0.4, 0.5) is 0 Å². The Morgan fingerprint density at radius 3 is 2.54 bits per heavy atom. The zero-order valence-electron chi connectivity index (χ0n) is 16.6. The minimum Gasteiger partial charge on any atom is -0.348 e. The Balaban J connectivity index is 1.53. The first-order chi connectivity index (χ1) is 13.6. The topological polar surface area (TPSA) is 28.5 Å². The number of benzene rings is 2. The van der Waals surface area contributed by atoms with Crippen LogP contribution in [-0.2, 0) is 17.9 Å². The van der Waals surface area contributed by atoms with Gasteiger partial charge in [0.1, 0.15) is 0 Å². The van der Waals surface area contributed by atoms with Crippen LogP contribution in [-0.4, -0.2) is 40.4 Å². The number of hydrogen-bond donors (Lipinski definition) is 0. The van der Waals surface area contributed by atoms with Gasteiger partial charge in [0.15, 0.2) is 0 Å². The van der Waals surface area contributed by atoms with E-state index in [1.807, 2.05) is 30.1 Å². The Bertz CT molecular complexity index is 947. The second-order valence-electron chi connectivity index (χ2n) is 7.59. The first kappa shape index (κ1) is 18.5. The lowest BCUT2D eigenvalue weighted by Gasteiger charge is -2.37. The summed E-state index contributed by atoms with van der Waals surface area (Å²) in [6.07, 6.45) is 2.13. The first-order valence-electron chi connectivity index (χ1n) is 9.86. The lowest BCUT2D eigenvalue weighted by atomic mass is 10.00. The van der Waals surface area contributed by atoms with Crippen molar-refractivity contribution in [1.82, 2.24) is 14.4 Å². The van der Waals surface area contributed by atoms with E-state index in [9.17, 15) is 4.79 Å². The van der Waals surface area contributed by atoms with Crippen LogP contribution >= 0.6 is 0 Å². The Morgan fingerprint density at radius 1 is 1.00 bits per heavy atom. The predicted octanol–water partition coefficient (Wildman–Crippen LogP) is 3.86. The second-order valence-corrected chi connectivity index (χ2v) is 7.59. The van der Waals surface area contributed by atoms with Crippen LogP contribution in [0.5, 0.6) is 0 Å². The van der Waals surface area contributed by atoms with Crippen molar-refractivity contribution < 1.29 is 4.79 Å². The lowest BCUT2D eigenvalue weighted by Crippen LogP contribution is -2.44. The number of amides is 1. The Morgan fingerprint density at radius 2 is 1.75 bits per heavy atom. The van der Waals surface area contributed by atoms with Crippen molar-refractivity contribution >= 4 is 5.91 Å². The molecule has 4 heteroatoms. The minimum atomic E-state index is 0.112. The highest BCUT2D eigenvalue weighted by Crippen LogP contribution is 2.32. The van der Waals surface area contributed by atoms with E-state index in [4.69, 9.17) is 0 Å². The molecular weight excluding hydrogens is 346 g/mol. The summed E-state index contributed by atoms with van der Waals surface area (Å²) < 4.78 is 2.30. The van der Waals surface area contributed by atoms with E-state index >= 15 is 0 Å². The number of carbonyl (C=O) groups is 1. The van der Waals surface area contributed by atoms with Crippen LogP contribution in [0.2, 0.25) is 0 Å². The van der Waals surface area contributed by atoms with Gasteiger partial charge in [-0.05, 0) is 35.7 Å². The molecule has 0 N–H and O–H groups in total. The van der Waals surface area contributed by atoms with Crippen LogP contribution in [0, 0.1) is 6.92 Å². The summed E-state index contributed by atoms with van der Waals surface area (Å²) in [5.74, 6) is 0.157. The number of aromatic nitrogens is 1. The van der Waals surface area contributed by atoms with Crippen molar-refractivity contribution in [3.05, 3.63) is 95.3 Å². The van der Waals surface area contributed by atoms with E-state index in [-0.39, 0.29) is 11.9 Å². The maximum atomic E-state index is 13.0. The molecular formula is C24H27N3O. The van der Waals surface area contributed by atoms with Gasteiger partial charge in [0, 0.05) is 38.6 Å². The van der Waals surface area contributed by atoms with Gasteiger partial charge >= 0.3 is 0 Å². The summed E-state index contributed by atoms with van der Waals surface area (Å²) in [5.41, 5.74) is 4.91. The molecule has 4 rings (SSSR count). The van der Waals surface area contributed by atoms with Crippen molar-refractivity contribution in [3.8, 4) is 0 Å². The number of fused-ring (bicyclic) bond motifs is 1. The summed E-state index contributed by atoms with van der Waals surface area (Å²) >= 11 is 0. The Kier molecular flexibility index (Phi) is 5.31. The molecule has 4 nitrogen and oxygen atoms in total. The van der Waals surface area contributed by atoms with E-state index in [2.05, 4.69) is 71.1 Å². The van der Waals surface area contributed by atoms with Crippen LogP contribution < -0.4 is 0 Å². The summed E-state index contributed by atoms with van der Waals surface area (Å²) in [5, 5.41) is 0. The number of carbonyl (C=O) groups excluding carboxylic acids is 1. The maximum Gasteiger partial charge on any atom is 0.236 e. The molecule has 0 fully saturated rings. The van der Waals surface area contributed by atoms with Gasteiger partial charge < -0.3 is 9.47 Å². The number of likely N-dealkylation sites (N-methyl/N-ethyl adjacent to an activating group) is 1. The first-order valence-corrected chi connectivity index (χ1v) is 9.86. The molecule has 3 aromatic rings. The molecule has 144 valence electrons. The van der Waals surface area contributed by atoms with Crippen LogP contribution in [0.25, 0.3) is 0 Å². The van der Waals surface area contributed by atoms with Crippen LogP contribution in [0.15, 0.2) is 72.9 Å². The quantitative estimate of drug-likeness (QED) is 0.679. The van der Waals surface area contributed by atoms with Gasteiger partial charge in [0.2, 0.25) is 5.91 Å². The van der Waals surface area contributed by atoms with Crippen molar-refractivity contribution in [2.75, 3.05) is 20.1 Å². The highest BCUT2D eigenvalue weighted by atomic mass is 16.2. The fourth-order valence-corrected chi connectivity index (χ4v) is 4.04. The molecule has 0 spiro atoms. The third kappa shape index (κ3) is 3.73. The minimum absolute atomic E-state index is 0.112. The molecule has 1 amide bonds. The zero-order chi connectivity index (χ0) is 19.5. The lowest BCUT2D eigenvalue weighted by molar-refractivity contribution is -0.132. The highest BCUT2D eigenvalue weighted by Gasteiger charge is 2.30. The summed E-state index contributed by atoms with van der Waals surface area (Å²) in [7, 11) is 1.90. The van der Waals surface area contributed by atoms with Gasteiger partial charge in [-0.15, -0.1) is 0 Å². The molecule has 1 aliphatic rings. The molecule has 1 atom stereocenters. The molecule has 28 heavy (non-hydrogen) atoms. The summed E-state index contributed by atoms with van der Waals surface area (Å²) in [6.45, 7) is 4.95. The van der Waals surface area contributed by atoms with Crippen molar-refractivity contribution in [3.63, 3.8) is 0 Å². The molecule has 1 aliphatic heterocycles. The molecule has 0 aliphatic carbocycles. The molecule has 0 bridgehead atoms. The van der Waals surface area contributed by atoms with E-state index in [1.165, 1.54) is 22.4 Å². The maximum absolute atomic E-state index is 13.0. The van der Waals surface area contributed by atoms with Gasteiger partial charge in [-0.2, -0.15) is 0 Å². The van der Waals surface area contributed by atoms with Crippen molar-refractivity contribution in [2.24, 2.45) is 0 Å². The fraction of sp³-hybridized carbons (Fsp3) is 0.292. The number of aryl methyl sites for hydroxylation is 1. The molecule has 1 aromatic heterocycles.